The van der Waals surface area contributed by atoms with Crippen molar-refractivity contribution in [2.75, 3.05) is 26.6 Å². The number of methoxy groups -OCH3 is 2. The standard InChI is InChI=1S/C37H40N6O6/c1-5-29-30(49-33(45)20-19-31(44)38-2)21-32(48-29)43-23-41-34-35(39-22-40-36(34)43)42-37(24-9-7-6-8-10-24,25-11-15-27(46-3)16-12-25)26-13-17-28(47-4)18-14-26/h6-18,22-23,29-30,32H,5,19-21H2,1-4H3,(H,38,44)(H,39,40,42). The lowest BCUT2D eigenvalue weighted by molar-refractivity contribution is -0.153. The number of hydrogen-bond donors (Lipinski definition) is 2. The number of carbonyl (C=O) groups excluding carboxylic acids is 2. The summed E-state index contributed by atoms with van der Waals surface area (Å²) in [5.41, 5.74) is 3.06. The van der Waals surface area contributed by atoms with Crippen LogP contribution in [-0.2, 0) is 24.6 Å². The van der Waals surface area contributed by atoms with Crippen LogP contribution in [0.5, 0.6) is 11.5 Å². The maximum atomic E-state index is 12.6. The van der Waals surface area contributed by atoms with E-state index in [0.29, 0.717) is 29.8 Å². The van der Waals surface area contributed by atoms with Crippen molar-refractivity contribution in [2.45, 2.75) is 56.6 Å². The Hall–Kier alpha value is -5.49. The lowest BCUT2D eigenvalue weighted by Crippen LogP contribution is -2.38. The van der Waals surface area contributed by atoms with Crippen LogP contribution in [0.1, 0.15) is 55.5 Å². The van der Waals surface area contributed by atoms with E-state index in [9.17, 15) is 9.59 Å². The van der Waals surface area contributed by atoms with Gasteiger partial charge in [-0.2, -0.15) is 0 Å². The highest BCUT2D eigenvalue weighted by Crippen LogP contribution is 2.42. The molecule has 3 heterocycles. The first-order chi connectivity index (χ1) is 23.9. The Morgan fingerprint density at radius 2 is 1.51 bits per heavy atom. The van der Waals surface area contributed by atoms with Crippen LogP contribution in [0.25, 0.3) is 11.2 Å². The minimum Gasteiger partial charge on any atom is -0.497 e. The minimum atomic E-state index is -0.921. The van der Waals surface area contributed by atoms with E-state index in [0.717, 1.165) is 28.2 Å². The Kier molecular flexibility index (Phi) is 10.0. The average molecular weight is 665 g/mol. The number of imidazole rings is 1. The van der Waals surface area contributed by atoms with Crippen LogP contribution in [0, 0.1) is 0 Å². The van der Waals surface area contributed by atoms with Crippen molar-refractivity contribution in [3.63, 3.8) is 0 Å². The van der Waals surface area contributed by atoms with Crippen LogP contribution in [-0.4, -0.2) is 64.9 Å². The first-order valence-corrected chi connectivity index (χ1v) is 16.3. The monoisotopic (exact) mass is 664 g/mol. The van der Waals surface area contributed by atoms with Gasteiger partial charge in [-0.15, -0.1) is 0 Å². The zero-order valence-corrected chi connectivity index (χ0v) is 28.0. The Morgan fingerprint density at radius 1 is 0.878 bits per heavy atom. The number of hydrogen-bond acceptors (Lipinski definition) is 10. The molecule has 1 aliphatic heterocycles. The maximum absolute atomic E-state index is 12.6. The van der Waals surface area contributed by atoms with Gasteiger partial charge in [-0.3, -0.25) is 14.2 Å². The third kappa shape index (κ3) is 6.77. The van der Waals surface area contributed by atoms with Gasteiger partial charge in [0.05, 0.1) is 33.1 Å². The van der Waals surface area contributed by atoms with Crippen molar-refractivity contribution in [2.24, 2.45) is 0 Å². The molecule has 254 valence electrons. The summed E-state index contributed by atoms with van der Waals surface area (Å²) in [4.78, 5) is 38.3. The third-order valence-electron chi connectivity index (χ3n) is 8.93. The molecule has 3 unspecified atom stereocenters. The number of aromatic nitrogens is 4. The molecule has 12 nitrogen and oxygen atoms in total. The first kappa shape index (κ1) is 33.4. The summed E-state index contributed by atoms with van der Waals surface area (Å²) >= 11 is 0. The van der Waals surface area contributed by atoms with E-state index in [4.69, 9.17) is 28.9 Å². The number of nitrogens with one attached hydrogen (secondary N) is 2. The quantitative estimate of drug-likeness (QED) is 0.125. The molecule has 3 atom stereocenters. The number of carbonyl (C=O) groups is 2. The lowest BCUT2D eigenvalue weighted by atomic mass is 9.77. The molecule has 1 amide bonds. The number of ether oxygens (including phenoxy) is 4. The van der Waals surface area contributed by atoms with E-state index in [1.54, 1.807) is 20.5 Å². The van der Waals surface area contributed by atoms with Gasteiger partial charge in [-0.05, 0) is 47.4 Å². The molecule has 0 bridgehead atoms. The predicted molar refractivity (Wildman–Crippen MR) is 183 cm³/mol. The zero-order chi connectivity index (χ0) is 34.4. The second-order valence-electron chi connectivity index (χ2n) is 11.7. The van der Waals surface area contributed by atoms with Gasteiger partial charge in [-0.1, -0.05) is 61.5 Å². The fourth-order valence-corrected chi connectivity index (χ4v) is 6.34. The summed E-state index contributed by atoms with van der Waals surface area (Å²) in [7, 11) is 4.83. The number of amides is 1. The van der Waals surface area contributed by atoms with E-state index in [1.165, 1.54) is 13.4 Å². The Morgan fingerprint density at radius 3 is 2.10 bits per heavy atom. The van der Waals surface area contributed by atoms with Gasteiger partial charge in [0, 0.05) is 19.9 Å². The molecule has 0 aliphatic carbocycles. The van der Waals surface area contributed by atoms with Crippen LogP contribution in [0.4, 0.5) is 5.82 Å². The second-order valence-corrected chi connectivity index (χ2v) is 11.7. The van der Waals surface area contributed by atoms with Crippen molar-refractivity contribution in [1.29, 1.82) is 0 Å². The van der Waals surface area contributed by atoms with Gasteiger partial charge < -0.3 is 29.6 Å². The Labute approximate surface area is 284 Å². The molecule has 3 aromatic carbocycles. The van der Waals surface area contributed by atoms with E-state index >= 15 is 0 Å². The number of nitrogens with zero attached hydrogens (tertiary/aromatic N) is 4. The van der Waals surface area contributed by atoms with Gasteiger partial charge >= 0.3 is 5.97 Å². The molecule has 0 saturated carbocycles. The van der Waals surface area contributed by atoms with Crippen LogP contribution < -0.4 is 20.1 Å². The highest BCUT2D eigenvalue weighted by atomic mass is 16.6. The molecular formula is C37H40N6O6. The molecule has 1 fully saturated rings. The molecule has 12 heteroatoms. The van der Waals surface area contributed by atoms with Crippen molar-refractivity contribution in [1.82, 2.24) is 24.8 Å². The fourth-order valence-electron chi connectivity index (χ4n) is 6.34. The molecule has 1 aliphatic rings. The largest absolute Gasteiger partial charge is 0.497 e. The molecule has 0 radical (unpaired) electrons. The molecule has 1 saturated heterocycles. The highest BCUT2D eigenvalue weighted by molar-refractivity contribution is 5.84. The molecule has 6 rings (SSSR count). The smallest absolute Gasteiger partial charge is 0.306 e. The first-order valence-electron chi connectivity index (χ1n) is 16.3. The number of benzene rings is 3. The zero-order valence-electron chi connectivity index (χ0n) is 28.0. The average Bonchev–Trinajstić information content (AvgIpc) is 3.77. The summed E-state index contributed by atoms with van der Waals surface area (Å²) in [6.07, 6.45) is 3.04. The third-order valence-corrected chi connectivity index (χ3v) is 8.93. The number of esters is 1. The predicted octanol–water partition coefficient (Wildman–Crippen LogP) is 5.38. The van der Waals surface area contributed by atoms with Gasteiger partial charge in [0.1, 0.15) is 35.7 Å². The number of anilines is 1. The summed E-state index contributed by atoms with van der Waals surface area (Å²) in [5, 5.41) is 6.32. The van der Waals surface area contributed by atoms with E-state index in [-0.39, 0.29) is 24.9 Å². The number of rotatable bonds is 13. The van der Waals surface area contributed by atoms with Crippen molar-refractivity contribution >= 4 is 28.9 Å². The SMILES string of the molecule is CCC1OC(n2cnc3c(NC(c4ccccc4)(c4ccc(OC)cc4)c4ccc(OC)cc4)ncnc32)CC1OC(=O)CCC(=O)NC. The summed E-state index contributed by atoms with van der Waals surface area (Å²) in [6.45, 7) is 1.98. The maximum Gasteiger partial charge on any atom is 0.306 e. The molecular weight excluding hydrogens is 624 g/mol. The van der Waals surface area contributed by atoms with Gasteiger partial charge in [0.2, 0.25) is 5.91 Å². The Bertz CT molecular complexity index is 1830. The number of fused-ring (bicyclic) bond motifs is 1. The normalized spacial score (nSPS) is 17.4. The van der Waals surface area contributed by atoms with Crippen LogP contribution >= 0.6 is 0 Å². The van der Waals surface area contributed by atoms with Gasteiger partial charge in [0.25, 0.3) is 0 Å². The Balaban J connectivity index is 1.38. The van der Waals surface area contributed by atoms with Crippen molar-refractivity contribution < 1.29 is 28.5 Å². The van der Waals surface area contributed by atoms with Crippen LogP contribution in [0.15, 0.2) is 91.5 Å². The molecule has 49 heavy (non-hydrogen) atoms. The summed E-state index contributed by atoms with van der Waals surface area (Å²) < 4.78 is 25.0. The molecule has 2 aromatic heterocycles. The van der Waals surface area contributed by atoms with Crippen LogP contribution in [0.2, 0.25) is 0 Å². The fraction of sp³-hybridized carbons (Fsp3) is 0.324. The van der Waals surface area contributed by atoms with Gasteiger partial charge in [0.15, 0.2) is 17.0 Å². The topological polar surface area (TPSA) is 139 Å². The lowest BCUT2D eigenvalue weighted by Gasteiger charge is -2.37. The molecule has 0 spiro atoms. The van der Waals surface area contributed by atoms with E-state index in [2.05, 4.69) is 27.8 Å². The minimum absolute atomic E-state index is 0.000903. The summed E-state index contributed by atoms with van der Waals surface area (Å²) in [5.74, 6) is 1.34. The van der Waals surface area contributed by atoms with Crippen molar-refractivity contribution in [3.8, 4) is 11.5 Å². The van der Waals surface area contributed by atoms with Crippen molar-refractivity contribution in [3.05, 3.63) is 108 Å². The summed E-state index contributed by atoms with van der Waals surface area (Å²) in [6, 6.07) is 26.0. The molecule has 5 aromatic rings. The molecule has 2 N–H and O–H groups in total. The van der Waals surface area contributed by atoms with E-state index in [1.807, 2.05) is 78.2 Å². The van der Waals surface area contributed by atoms with E-state index < -0.39 is 23.8 Å². The second kappa shape index (κ2) is 14.7. The highest BCUT2D eigenvalue weighted by Gasteiger charge is 2.40. The van der Waals surface area contributed by atoms with Gasteiger partial charge in [-0.25, -0.2) is 15.0 Å². The van der Waals surface area contributed by atoms with Crippen LogP contribution in [0.3, 0.4) is 0 Å².